The Bertz CT molecular complexity index is 673. The lowest BCUT2D eigenvalue weighted by molar-refractivity contribution is 0.516. The zero-order valence-corrected chi connectivity index (χ0v) is 13.4. The Morgan fingerprint density at radius 1 is 1.50 bits per heavy atom. The average Bonchev–Trinajstić information content (AvgIpc) is 3.07. The Balaban J connectivity index is 1.97. The van der Waals surface area contributed by atoms with E-state index in [-0.39, 0.29) is 5.41 Å². The highest BCUT2D eigenvalue weighted by atomic mass is 15.3. The van der Waals surface area contributed by atoms with Crippen molar-refractivity contribution < 1.29 is 0 Å². The van der Waals surface area contributed by atoms with Crippen molar-refractivity contribution in [1.82, 2.24) is 14.6 Å². The lowest BCUT2D eigenvalue weighted by Gasteiger charge is -2.24. The number of aromatic nitrogens is 3. The number of fused-ring (bicyclic) bond motifs is 1. The average molecular weight is 299 g/mol. The van der Waals surface area contributed by atoms with Gasteiger partial charge in [-0.15, -0.1) is 6.58 Å². The molecule has 3 N–H and O–H groups in total. The fourth-order valence-corrected chi connectivity index (χ4v) is 3.18. The van der Waals surface area contributed by atoms with E-state index in [2.05, 4.69) is 36.9 Å². The number of allylic oxidation sites excluding steroid dienone is 1. The van der Waals surface area contributed by atoms with Crippen molar-refractivity contribution in [2.24, 2.45) is 5.73 Å². The lowest BCUT2D eigenvalue weighted by Crippen LogP contribution is -2.24. The van der Waals surface area contributed by atoms with Gasteiger partial charge in [0.1, 0.15) is 5.82 Å². The van der Waals surface area contributed by atoms with Crippen molar-refractivity contribution in [3.8, 4) is 0 Å². The summed E-state index contributed by atoms with van der Waals surface area (Å²) < 4.78 is 1.87. The Morgan fingerprint density at radius 3 is 3.00 bits per heavy atom. The van der Waals surface area contributed by atoms with Crippen LogP contribution in [0.25, 0.3) is 5.65 Å². The van der Waals surface area contributed by atoms with E-state index >= 15 is 0 Å². The minimum atomic E-state index is -0.0454. The Kier molecular flexibility index (Phi) is 3.91. The van der Waals surface area contributed by atoms with Crippen LogP contribution in [0.2, 0.25) is 0 Å². The number of nitrogens with zero attached hydrogens (tertiary/aromatic N) is 3. The van der Waals surface area contributed by atoms with Gasteiger partial charge in [-0.3, -0.25) is 0 Å². The molecule has 0 radical (unpaired) electrons. The van der Waals surface area contributed by atoms with Crippen molar-refractivity contribution >= 4 is 11.5 Å². The maximum absolute atomic E-state index is 6.02. The van der Waals surface area contributed by atoms with Crippen molar-refractivity contribution in [3.05, 3.63) is 36.7 Å². The lowest BCUT2D eigenvalue weighted by atomic mass is 9.85. The number of hydrogen-bond acceptors (Lipinski definition) is 4. The van der Waals surface area contributed by atoms with Crippen molar-refractivity contribution in [1.29, 1.82) is 0 Å². The van der Waals surface area contributed by atoms with Gasteiger partial charge in [0, 0.05) is 29.6 Å². The van der Waals surface area contributed by atoms with Crippen LogP contribution in [0.1, 0.15) is 45.2 Å². The summed E-state index contributed by atoms with van der Waals surface area (Å²) in [5.41, 5.74) is 7.91. The Hall–Kier alpha value is -1.88. The maximum atomic E-state index is 6.02. The van der Waals surface area contributed by atoms with Gasteiger partial charge < -0.3 is 11.1 Å². The van der Waals surface area contributed by atoms with Crippen LogP contribution >= 0.6 is 0 Å². The van der Waals surface area contributed by atoms with Crippen LogP contribution in [0.5, 0.6) is 0 Å². The number of nitrogens with two attached hydrogens (primary N) is 1. The second-order valence-electron chi connectivity index (χ2n) is 6.92. The van der Waals surface area contributed by atoms with Crippen LogP contribution < -0.4 is 11.1 Å². The molecule has 0 aromatic carbocycles. The molecule has 0 unspecified atom stereocenters. The highest BCUT2D eigenvalue weighted by Crippen LogP contribution is 2.29. The second kappa shape index (κ2) is 5.72. The molecule has 1 aliphatic rings. The quantitative estimate of drug-likeness (QED) is 0.833. The molecule has 0 bridgehead atoms. The molecule has 2 heterocycles. The summed E-state index contributed by atoms with van der Waals surface area (Å²) in [5.74, 6) is 1.00. The fraction of sp³-hybridized carbons (Fsp3) is 0.529. The molecule has 0 aliphatic heterocycles. The first-order valence-corrected chi connectivity index (χ1v) is 7.98. The van der Waals surface area contributed by atoms with E-state index in [4.69, 9.17) is 10.7 Å². The first-order chi connectivity index (χ1) is 10.5. The highest BCUT2D eigenvalue weighted by Gasteiger charge is 2.25. The highest BCUT2D eigenvalue weighted by molar-refractivity contribution is 5.51. The predicted molar refractivity (Wildman–Crippen MR) is 90.1 cm³/mol. The minimum absolute atomic E-state index is 0.0454. The molecule has 5 heteroatoms. The summed E-state index contributed by atoms with van der Waals surface area (Å²) in [5, 5.41) is 8.00. The molecule has 2 atom stereocenters. The van der Waals surface area contributed by atoms with Crippen LogP contribution in [0, 0.1) is 0 Å². The van der Waals surface area contributed by atoms with Gasteiger partial charge in [0.25, 0.3) is 0 Å². The van der Waals surface area contributed by atoms with Gasteiger partial charge in [0.15, 0.2) is 5.65 Å². The molecule has 22 heavy (non-hydrogen) atoms. The minimum Gasteiger partial charge on any atom is -0.367 e. The molecule has 0 amide bonds. The summed E-state index contributed by atoms with van der Waals surface area (Å²) in [4.78, 5) is 4.76. The summed E-state index contributed by atoms with van der Waals surface area (Å²) in [7, 11) is 0. The summed E-state index contributed by atoms with van der Waals surface area (Å²) >= 11 is 0. The predicted octanol–water partition coefficient (Wildman–Crippen LogP) is 2.87. The first kappa shape index (κ1) is 15.0. The number of anilines is 1. The van der Waals surface area contributed by atoms with Crippen LogP contribution in [0.3, 0.4) is 0 Å². The van der Waals surface area contributed by atoms with Gasteiger partial charge in [-0.1, -0.05) is 19.9 Å². The third kappa shape index (κ3) is 2.86. The van der Waals surface area contributed by atoms with Crippen LogP contribution in [0.4, 0.5) is 5.82 Å². The smallest absolute Gasteiger partial charge is 0.157 e. The van der Waals surface area contributed by atoms with Gasteiger partial charge >= 0.3 is 0 Å². The van der Waals surface area contributed by atoms with E-state index in [0.29, 0.717) is 12.1 Å². The van der Waals surface area contributed by atoms with Gasteiger partial charge in [-0.25, -0.2) is 4.98 Å². The molecule has 1 aliphatic carbocycles. The van der Waals surface area contributed by atoms with Crippen molar-refractivity contribution in [2.75, 3.05) is 5.32 Å². The normalized spacial score (nSPS) is 22.1. The largest absolute Gasteiger partial charge is 0.367 e. The Morgan fingerprint density at radius 2 is 2.32 bits per heavy atom. The van der Waals surface area contributed by atoms with E-state index in [0.717, 1.165) is 42.8 Å². The van der Waals surface area contributed by atoms with E-state index in [1.54, 1.807) is 6.20 Å². The van der Waals surface area contributed by atoms with E-state index in [9.17, 15) is 0 Å². The zero-order valence-electron chi connectivity index (χ0n) is 13.4. The van der Waals surface area contributed by atoms with Crippen molar-refractivity contribution in [2.45, 2.75) is 57.0 Å². The molecular formula is C17H25N5. The summed E-state index contributed by atoms with van der Waals surface area (Å²) in [6.45, 7) is 8.25. The number of nitrogens with one attached hydrogen (secondary N) is 1. The van der Waals surface area contributed by atoms with Gasteiger partial charge in [0.05, 0.1) is 11.9 Å². The molecule has 0 saturated heterocycles. The number of rotatable bonds is 5. The Labute approximate surface area is 131 Å². The van der Waals surface area contributed by atoms with E-state index in [1.807, 2.05) is 16.7 Å². The third-order valence-corrected chi connectivity index (χ3v) is 4.53. The summed E-state index contributed by atoms with van der Waals surface area (Å²) in [6, 6.07) is 4.79. The third-order valence-electron chi connectivity index (χ3n) is 4.53. The molecule has 1 saturated carbocycles. The van der Waals surface area contributed by atoms with Crippen LogP contribution in [-0.4, -0.2) is 26.7 Å². The standard InChI is InChI=1S/C17H25N5/c1-4-8-17(2,3)14-11-16(20-13-6-5-12(18)10-13)22-15(21-14)7-9-19-22/h4,7,9,11-13,20H,1,5-6,8,10,18H2,2-3H3/t12-,13-/m0/s1. The van der Waals surface area contributed by atoms with Crippen LogP contribution in [0.15, 0.2) is 31.0 Å². The zero-order chi connectivity index (χ0) is 15.7. The van der Waals surface area contributed by atoms with Crippen LogP contribution in [-0.2, 0) is 5.41 Å². The first-order valence-electron chi connectivity index (χ1n) is 7.98. The van der Waals surface area contributed by atoms with E-state index < -0.39 is 0 Å². The second-order valence-corrected chi connectivity index (χ2v) is 6.92. The molecule has 5 nitrogen and oxygen atoms in total. The van der Waals surface area contributed by atoms with Gasteiger partial charge in [0.2, 0.25) is 0 Å². The van der Waals surface area contributed by atoms with Crippen molar-refractivity contribution in [3.63, 3.8) is 0 Å². The monoisotopic (exact) mass is 299 g/mol. The fourth-order valence-electron chi connectivity index (χ4n) is 3.18. The molecule has 0 spiro atoms. The molecular weight excluding hydrogens is 274 g/mol. The molecule has 2 aromatic heterocycles. The summed E-state index contributed by atoms with van der Waals surface area (Å²) in [6.07, 6.45) is 7.83. The topological polar surface area (TPSA) is 68.2 Å². The molecule has 3 rings (SSSR count). The molecule has 118 valence electrons. The number of hydrogen-bond donors (Lipinski definition) is 2. The van der Waals surface area contributed by atoms with E-state index in [1.165, 1.54) is 0 Å². The molecule has 1 fully saturated rings. The molecule has 2 aromatic rings. The van der Waals surface area contributed by atoms with Gasteiger partial charge in [-0.05, 0) is 25.7 Å². The maximum Gasteiger partial charge on any atom is 0.157 e. The SMILES string of the molecule is C=CCC(C)(C)c1cc(N[C@H]2CC[C@H](N)C2)n2nccc2n1. The van der Waals surface area contributed by atoms with Gasteiger partial charge in [-0.2, -0.15) is 9.61 Å².